The van der Waals surface area contributed by atoms with Gasteiger partial charge in [0.25, 0.3) is 0 Å². The molecule has 0 amide bonds. The van der Waals surface area contributed by atoms with Crippen LogP contribution in [0.25, 0.3) is 0 Å². The van der Waals surface area contributed by atoms with Crippen molar-refractivity contribution >= 4 is 22.9 Å². The van der Waals surface area contributed by atoms with Crippen LogP contribution in [0.15, 0.2) is 36.4 Å². The fourth-order valence-electron chi connectivity index (χ4n) is 4.41. The van der Waals surface area contributed by atoms with E-state index in [9.17, 15) is 4.79 Å². The normalized spacial score (nSPS) is 12.0. The van der Waals surface area contributed by atoms with Crippen molar-refractivity contribution < 1.29 is 18.4 Å². The van der Waals surface area contributed by atoms with E-state index in [0.29, 0.717) is 11.3 Å². The predicted molar refractivity (Wildman–Crippen MR) is 138 cm³/mol. The van der Waals surface area contributed by atoms with Crippen LogP contribution in [0.3, 0.4) is 0 Å². The number of carbonyl (C=O) groups excluding carboxylic acids is 1. The van der Waals surface area contributed by atoms with Gasteiger partial charge in [-0.05, 0) is 106 Å². The highest BCUT2D eigenvalue weighted by atomic mass is 28.4. The maximum absolute atomic E-state index is 11.3. The summed E-state index contributed by atoms with van der Waals surface area (Å²) in [7, 11) is -0.123. The molecule has 0 saturated carbocycles. The van der Waals surface area contributed by atoms with Gasteiger partial charge in [-0.1, -0.05) is 18.2 Å². The summed E-state index contributed by atoms with van der Waals surface area (Å²) in [6.45, 7) is 11.5. The monoisotopic (exact) mass is 463 g/mol. The van der Waals surface area contributed by atoms with Crippen LogP contribution in [0.1, 0.15) is 39.9 Å². The highest BCUT2D eigenvalue weighted by Crippen LogP contribution is 2.27. The molecule has 0 bridgehead atoms. The van der Waals surface area contributed by atoms with Gasteiger partial charge >= 0.3 is 0 Å². The van der Waals surface area contributed by atoms with Crippen LogP contribution in [0.4, 0.5) is 0 Å². The van der Waals surface area contributed by atoms with Crippen LogP contribution < -0.4 is 9.47 Å². The lowest BCUT2D eigenvalue weighted by Crippen LogP contribution is -2.44. The lowest BCUT2D eigenvalue weighted by molar-refractivity contribution is 0.112. The summed E-state index contributed by atoms with van der Waals surface area (Å²) in [5.41, 5.74) is 4.38. The molecule has 0 unspecified atom stereocenters. The smallest absolute Gasteiger partial charge is 0.173 e. The molecule has 4 nitrogen and oxygen atoms in total. The van der Waals surface area contributed by atoms with Gasteiger partial charge in [0.1, 0.15) is 11.5 Å². The highest BCUT2D eigenvalue weighted by molar-refractivity contribution is 6.84. The van der Waals surface area contributed by atoms with Crippen LogP contribution >= 0.6 is 0 Å². The van der Waals surface area contributed by atoms with E-state index in [1.807, 2.05) is 12.1 Å². The van der Waals surface area contributed by atoms with Gasteiger partial charge in [0.2, 0.25) is 0 Å². The second kappa shape index (κ2) is 11.8. The molecule has 0 aliphatic heterocycles. The van der Waals surface area contributed by atoms with Gasteiger partial charge in [0.15, 0.2) is 22.9 Å². The first-order chi connectivity index (χ1) is 15.1. The molecule has 0 heterocycles. The Bertz CT molecular complexity index is 893. The largest absolute Gasteiger partial charge is 0.496 e. The molecule has 0 N–H and O–H groups in total. The quantitative estimate of drug-likeness (QED) is 0.241. The number of benzene rings is 2. The SMILES string of the molecule is COc1ccc(CCC[Si](C)(C)O[Si](C)(C)CCCc2ccc(OC)c([3CH]=O)c2)cc1C. The minimum Gasteiger partial charge on any atom is -0.496 e. The maximum atomic E-state index is 11.3. The fraction of sp³-hybridized carbons (Fsp3) is 0.500. The van der Waals surface area contributed by atoms with Crippen molar-refractivity contribution in [2.75, 3.05) is 14.2 Å². The Morgan fingerprint density at radius 1 is 0.781 bits per heavy atom. The van der Waals surface area contributed by atoms with Crippen molar-refractivity contribution in [3.05, 3.63) is 58.7 Å². The number of aldehydes is 1. The maximum Gasteiger partial charge on any atom is 0.173 e. The minimum atomic E-state index is -1.73. The number of hydrogen-bond acceptors (Lipinski definition) is 4. The summed E-state index contributed by atoms with van der Waals surface area (Å²) in [4.78, 5) is 11.3. The molecule has 6 heteroatoms. The zero-order chi connectivity index (χ0) is 23.8. The van der Waals surface area contributed by atoms with E-state index >= 15 is 0 Å². The number of aryl methyl sites for hydroxylation is 3. The van der Waals surface area contributed by atoms with Crippen LogP contribution in [0, 0.1) is 6.92 Å². The molecule has 0 radical (unpaired) electrons. The van der Waals surface area contributed by atoms with Gasteiger partial charge < -0.3 is 13.6 Å². The number of ether oxygens (including phenoxy) is 2. The Hall–Kier alpha value is -1.90. The molecule has 2 rings (SSSR count). The molecule has 0 spiro atoms. The Kier molecular flexibility index (Phi) is 9.73. The van der Waals surface area contributed by atoms with E-state index in [0.717, 1.165) is 43.8 Å². The van der Waals surface area contributed by atoms with Crippen LogP contribution in [-0.2, 0) is 17.0 Å². The van der Waals surface area contributed by atoms with E-state index in [-0.39, 0.29) is 0 Å². The molecule has 0 aliphatic carbocycles. The molecule has 2 aromatic carbocycles. The summed E-state index contributed by atoms with van der Waals surface area (Å²) in [6, 6.07) is 14.7. The number of hydrogen-bond donors (Lipinski definition) is 0. The average molecular weight is 464 g/mol. The topological polar surface area (TPSA) is 44.8 Å². The third kappa shape index (κ3) is 8.22. The lowest BCUT2D eigenvalue weighted by Gasteiger charge is -2.34. The number of methoxy groups -OCH3 is 2. The zero-order valence-electron chi connectivity index (χ0n) is 20.9. The molecule has 0 saturated heterocycles. The first-order valence-corrected chi connectivity index (χ1v) is 17.8. The third-order valence-electron chi connectivity index (χ3n) is 5.92. The van der Waals surface area contributed by atoms with Crippen LogP contribution in [0.2, 0.25) is 38.3 Å². The van der Waals surface area contributed by atoms with Gasteiger partial charge in [-0.25, -0.2) is 0 Å². The second-order valence-corrected chi connectivity index (χ2v) is 18.7. The van der Waals surface area contributed by atoms with E-state index in [2.05, 4.69) is 57.4 Å². The highest BCUT2D eigenvalue weighted by Gasteiger charge is 2.32. The molecular weight excluding hydrogens is 423 g/mol. The Morgan fingerprint density at radius 2 is 1.28 bits per heavy atom. The minimum absolute atomic E-state index is 0.623. The van der Waals surface area contributed by atoms with Gasteiger partial charge in [-0.2, -0.15) is 0 Å². The summed E-state index contributed by atoms with van der Waals surface area (Å²) in [5.74, 6) is 1.59. The van der Waals surface area contributed by atoms with Crippen molar-refractivity contribution in [2.24, 2.45) is 0 Å². The van der Waals surface area contributed by atoms with Crippen LogP contribution in [0.5, 0.6) is 11.5 Å². The first-order valence-electron chi connectivity index (χ1n) is 11.5. The fourth-order valence-corrected chi connectivity index (χ4v) is 13.3. The van der Waals surface area contributed by atoms with Gasteiger partial charge in [0.05, 0.1) is 19.8 Å². The van der Waals surface area contributed by atoms with Crippen molar-refractivity contribution in [3.63, 3.8) is 0 Å². The van der Waals surface area contributed by atoms with Gasteiger partial charge in [-0.3, -0.25) is 4.79 Å². The van der Waals surface area contributed by atoms with Gasteiger partial charge in [-0.15, -0.1) is 0 Å². The second-order valence-electron chi connectivity index (χ2n) is 9.83. The zero-order valence-corrected chi connectivity index (χ0v) is 22.9. The summed E-state index contributed by atoms with van der Waals surface area (Å²) >= 11 is 0. The number of carbonyl (C=O) groups is 1. The molecule has 0 fully saturated rings. The summed E-state index contributed by atoms with van der Waals surface area (Å²) in [5, 5.41) is 0. The van der Waals surface area contributed by atoms with Crippen molar-refractivity contribution in [2.45, 2.75) is 70.9 Å². The Morgan fingerprint density at radius 3 is 1.75 bits per heavy atom. The molecule has 0 atom stereocenters. The molecule has 0 aromatic heterocycles. The lowest BCUT2D eigenvalue weighted by atomic mass is 2.85. The van der Waals surface area contributed by atoms with E-state index in [1.165, 1.54) is 22.7 Å². The first kappa shape index (κ1) is 26.4. The molecule has 176 valence electrons. The van der Waals surface area contributed by atoms with Gasteiger partial charge in [0, 0.05) is 0 Å². The molecule has 0 aliphatic rings. The van der Waals surface area contributed by atoms with E-state index < -0.39 is 16.6 Å². The molecule has 32 heavy (non-hydrogen) atoms. The predicted octanol–water partition coefficient (Wildman–Crippen LogP) is 6.82. The summed E-state index contributed by atoms with van der Waals surface area (Å²) in [6.07, 6.45) is 5.16. The van der Waals surface area contributed by atoms with E-state index in [4.69, 9.17) is 13.6 Å². The standard InChI is InChI=1S/C26H40O4Si2/c1-21-18-22(12-14-25(21)28-2)10-8-16-31(4,5)30-32(6,7)17-9-11-23-13-15-26(29-3)24(19-23)20-27/h12-15,18-20H,8-11,16-17H2,1-7H3/i20-9. The van der Waals surface area contributed by atoms with Crippen molar-refractivity contribution in [3.8, 4) is 11.5 Å². The number of rotatable bonds is 13. The van der Waals surface area contributed by atoms with E-state index in [1.54, 1.807) is 14.2 Å². The molecule has 2 aromatic rings. The van der Waals surface area contributed by atoms with Crippen molar-refractivity contribution in [1.29, 1.82) is 0 Å². The average Bonchev–Trinajstić information content (AvgIpc) is 2.72. The Labute approximate surface area is 196 Å². The Balaban J connectivity index is 1.81. The summed E-state index contributed by atoms with van der Waals surface area (Å²) < 4.78 is 17.4. The third-order valence-corrected chi connectivity index (χ3v) is 13.5. The van der Waals surface area contributed by atoms with Crippen LogP contribution in [-0.4, -0.2) is 37.1 Å². The molecular formula is C26H40O4Si2. The van der Waals surface area contributed by atoms with Crippen molar-refractivity contribution in [1.82, 2.24) is 0 Å².